The second kappa shape index (κ2) is 7.47. The fourth-order valence-corrected chi connectivity index (χ4v) is 3.96. The van der Waals surface area contributed by atoms with Crippen molar-refractivity contribution in [1.82, 2.24) is 4.90 Å². The number of benzene rings is 1. The maximum absolute atomic E-state index is 12.3. The number of carboxylic acid groups (broad SMARTS) is 1. The largest absolute Gasteiger partial charge is 0.480 e. The first-order valence-electron chi connectivity index (χ1n) is 8.07. The van der Waals surface area contributed by atoms with Crippen LogP contribution in [0.2, 0.25) is 0 Å². The van der Waals surface area contributed by atoms with Gasteiger partial charge >= 0.3 is 12.1 Å². The lowest BCUT2D eigenvalue weighted by molar-refractivity contribution is -0.141. The van der Waals surface area contributed by atoms with E-state index in [0.29, 0.717) is 13.0 Å². The molecule has 1 saturated heterocycles. The molecule has 1 aromatic carbocycles. The van der Waals surface area contributed by atoms with E-state index in [1.54, 1.807) is 32.5 Å². The SMILES string of the molecule is Cc1ccc(CS[C@@H]2CCN(C(=O)OC(C)(C)C)[C@@H]2C(=O)O)cc1. The first-order chi connectivity index (χ1) is 11.2. The Kier molecular flexibility index (Phi) is 5.80. The fourth-order valence-electron chi connectivity index (χ4n) is 2.64. The summed E-state index contributed by atoms with van der Waals surface area (Å²) in [5.74, 6) is -0.239. The van der Waals surface area contributed by atoms with Crippen molar-refractivity contribution in [2.75, 3.05) is 6.54 Å². The van der Waals surface area contributed by atoms with Gasteiger partial charge in [0.2, 0.25) is 0 Å². The number of thioether (sulfide) groups is 1. The number of likely N-dealkylation sites (tertiary alicyclic amines) is 1. The number of hydrogen-bond donors (Lipinski definition) is 1. The van der Waals surface area contributed by atoms with Gasteiger partial charge in [-0.25, -0.2) is 9.59 Å². The van der Waals surface area contributed by atoms with Crippen molar-refractivity contribution < 1.29 is 19.4 Å². The van der Waals surface area contributed by atoms with Crippen LogP contribution in [0.25, 0.3) is 0 Å². The Morgan fingerprint density at radius 2 is 1.92 bits per heavy atom. The number of ether oxygens (including phenoxy) is 1. The van der Waals surface area contributed by atoms with Gasteiger partial charge in [-0.05, 0) is 39.7 Å². The molecule has 1 aromatic rings. The van der Waals surface area contributed by atoms with Crippen LogP contribution in [-0.2, 0) is 15.3 Å². The average molecular weight is 351 g/mol. The van der Waals surface area contributed by atoms with Gasteiger partial charge in [0.25, 0.3) is 0 Å². The second-order valence-electron chi connectivity index (χ2n) is 7.08. The Morgan fingerprint density at radius 3 is 2.46 bits per heavy atom. The number of aryl methyl sites for hydroxylation is 1. The highest BCUT2D eigenvalue weighted by molar-refractivity contribution is 7.99. The van der Waals surface area contributed by atoms with E-state index < -0.39 is 23.7 Å². The lowest BCUT2D eigenvalue weighted by Gasteiger charge is -2.28. The predicted octanol–water partition coefficient (Wildman–Crippen LogP) is 3.69. The van der Waals surface area contributed by atoms with E-state index >= 15 is 0 Å². The highest BCUT2D eigenvalue weighted by Crippen LogP contribution is 2.32. The summed E-state index contributed by atoms with van der Waals surface area (Å²) in [6, 6.07) is 7.37. The number of rotatable bonds is 4. The van der Waals surface area contributed by atoms with E-state index in [9.17, 15) is 14.7 Å². The van der Waals surface area contributed by atoms with Gasteiger partial charge in [0.15, 0.2) is 0 Å². The molecular formula is C18H25NO4S. The van der Waals surface area contributed by atoms with E-state index in [-0.39, 0.29) is 5.25 Å². The van der Waals surface area contributed by atoms with Crippen molar-refractivity contribution in [3.05, 3.63) is 35.4 Å². The summed E-state index contributed by atoms with van der Waals surface area (Å²) in [6.07, 6.45) is 0.112. The molecule has 1 N–H and O–H groups in total. The molecule has 24 heavy (non-hydrogen) atoms. The van der Waals surface area contributed by atoms with Gasteiger partial charge in [-0.3, -0.25) is 4.90 Å². The summed E-state index contributed by atoms with van der Waals surface area (Å²) in [5.41, 5.74) is 1.72. The van der Waals surface area contributed by atoms with Crippen molar-refractivity contribution in [2.45, 2.75) is 56.8 Å². The van der Waals surface area contributed by atoms with Crippen LogP contribution in [0.4, 0.5) is 4.79 Å². The van der Waals surface area contributed by atoms with Crippen molar-refractivity contribution in [3.63, 3.8) is 0 Å². The summed E-state index contributed by atoms with van der Waals surface area (Å²) >= 11 is 1.59. The van der Waals surface area contributed by atoms with Gasteiger partial charge in [0.05, 0.1) is 0 Å². The van der Waals surface area contributed by atoms with Gasteiger partial charge in [-0.15, -0.1) is 0 Å². The minimum atomic E-state index is -0.972. The molecule has 0 aromatic heterocycles. The molecule has 0 spiro atoms. The summed E-state index contributed by atoms with van der Waals surface area (Å²) in [7, 11) is 0. The molecular weight excluding hydrogens is 326 g/mol. The molecule has 5 nitrogen and oxygen atoms in total. The average Bonchev–Trinajstić information content (AvgIpc) is 2.89. The van der Waals surface area contributed by atoms with Crippen LogP contribution in [0.15, 0.2) is 24.3 Å². The summed E-state index contributed by atoms with van der Waals surface area (Å²) in [6.45, 7) is 7.78. The van der Waals surface area contributed by atoms with E-state index in [1.165, 1.54) is 10.5 Å². The van der Waals surface area contributed by atoms with Crippen LogP contribution >= 0.6 is 11.8 Å². The second-order valence-corrected chi connectivity index (χ2v) is 8.31. The van der Waals surface area contributed by atoms with E-state index in [1.807, 2.05) is 19.1 Å². The minimum Gasteiger partial charge on any atom is -0.480 e. The highest BCUT2D eigenvalue weighted by atomic mass is 32.2. The summed E-state index contributed by atoms with van der Waals surface area (Å²) < 4.78 is 5.34. The molecule has 1 amide bonds. The van der Waals surface area contributed by atoms with Crippen molar-refractivity contribution in [1.29, 1.82) is 0 Å². The quantitative estimate of drug-likeness (QED) is 0.896. The lowest BCUT2D eigenvalue weighted by atomic mass is 10.2. The van der Waals surface area contributed by atoms with Gasteiger partial charge < -0.3 is 9.84 Å². The number of carboxylic acids is 1. The third kappa shape index (κ3) is 4.90. The van der Waals surface area contributed by atoms with Gasteiger partial charge in [-0.1, -0.05) is 29.8 Å². The van der Waals surface area contributed by atoms with E-state index in [2.05, 4.69) is 12.1 Å². The number of amides is 1. The standard InChI is InChI=1S/C18H25NO4S/c1-12-5-7-13(8-6-12)11-24-14-9-10-19(15(14)16(20)21)17(22)23-18(2,3)4/h5-8,14-15H,9-11H2,1-4H3,(H,20,21)/t14-,15+/m1/s1. The number of hydrogen-bond acceptors (Lipinski definition) is 4. The van der Waals surface area contributed by atoms with Crippen LogP contribution in [0.5, 0.6) is 0 Å². The Bertz CT molecular complexity index is 594. The van der Waals surface area contributed by atoms with Crippen LogP contribution in [-0.4, -0.2) is 45.5 Å². The fraction of sp³-hybridized carbons (Fsp3) is 0.556. The van der Waals surface area contributed by atoms with Gasteiger partial charge in [-0.2, -0.15) is 11.8 Å². The van der Waals surface area contributed by atoms with Crippen molar-refractivity contribution >= 4 is 23.8 Å². The lowest BCUT2D eigenvalue weighted by Crippen LogP contribution is -2.46. The van der Waals surface area contributed by atoms with E-state index in [4.69, 9.17) is 4.74 Å². The summed E-state index contributed by atoms with van der Waals surface area (Å²) in [5, 5.41) is 9.44. The normalized spacial score (nSPS) is 20.9. The number of carbonyl (C=O) groups excluding carboxylic acids is 1. The third-order valence-corrected chi connectivity index (χ3v) is 5.23. The predicted molar refractivity (Wildman–Crippen MR) is 95.2 cm³/mol. The Morgan fingerprint density at radius 1 is 1.29 bits per heavy atom. The molecule has 1 aliphatic heterocycles. The van der Waals surface area contributed by atoms with Crippen LogP contribution < -0.4 is 0 Å². The molecule has 1 heterocycles. The van der Waals surface area contributed by atoms with Crippen LogP contribution in [0.3, 0.4) is 0 Å². The molecule has 0 saturated carbocycles. The first kappa shape index (κ1) is 18.6. The molecule has 2 rings (SSSR count). The van der Waals surface area contributed by atoms with Gasteiger partial charge in [0.1, 0.15) is 11.6 Å². The van der Waals surface area contributed by atoms with E-state index in [0.717, 1.165) is 11.3 Å². The van der Waals surface area contributed by atoms with Gasteiger partial charge in [0, 0.05) is 17.5 Å². The highest BCUT2D eigenvalue weighted by Gasteiger charge is 2.43. The first-order valence-corrected chi connectivity index (χ1v) is 9.12. The van der Waals surface area contributed by atoms with Crippen LogP contribution in [0, 0.1) is 6.92 Å². The zero-order valence-corrected chi connectivity index (χ0v) is 15.4. The topological polar surface area (TPSA) is 66.8 Å². The molecule has 1 fully saturated rings. The molecule has 1 aliphatic rings. The number of nitrogens with zero attached hydrogens (tertiary/aromatic N) is 1. The monoisotopic (exact) mass is 351 g/mol. The van der Waals surface area contributed by atoms with Crippen LogP contribution in [0.1, 0.15) is 38.3 Å². The minimum absolute atomic E-state index is 0.128. The zero-order valence-electron chi connectivity index (χ0n) is 14.6. The molecule has 2 atom stereocenters. The Hall–Kier alpha value is -1.69. The molecule has 0 radical (unpaired) electrons. The molecule has 0 aliphatic carbocycles. The molecule has 0 unspecified atom stereocenters. The summed E-state index contributed by atoms with van der Waals surface area (Å²) in [4.78, 5) is 25.3. The Labute approximate surface area is 147 Å². The van der Waals surface area contributed by atoms with Crippen molar-refractivity contribution in [2.24, 2.45) is 0 Å². The third-order valence-electron chi connectivity index (χ3n) is 3.81. The van der Waals surface area contributed by atoms with Crippen molar-refractivity contribution in [3.8, 4) is 0 Å². The maximum atomic E-state index is 12.3. The molecule has 6 heteroatoms. The number of aliphatic carboxylic acids is 1. The molecule has 132 valence electrons. The Balaban J connectivity index is 2.01. The maximum Gasteiger partial charge on any atom is 0.411 e. The zero-order chi connectivity index (χ0) is 17.9. The molecule has 0 bridgehead atoms. The smallest absolute Gasteiger partial charge is 0.411 e. The number of carbonyl (C=O) groups is 2.